The first kappa shape index (κ1) is 18.6. The Labute approximate surface area is 156 Å². The largest absolute Gasteiger partial charge is 0.504 e. The highest BCUT2D eigenvalue weighted by Crippen LogP contribution is 2.55. The Kier molecular flexibility index (Phi) is 3.88. The highest BCUT2D eigenvalue weighted by atomic mass is 16.5. The van der Waals surface area contributed by atoms with Crippen molar-refractivity contribution in [1.29, 1.82) is 0 Å². The molecule has 2 aromatic carbocycles. The average molecular weight is 354 g/mol. The van der Waals surface area contributed by atoms with Crippen molar-refractivity contribution in [2.45, 2.75) is 71.6 Å². The Morgan fingerprint density at radius 3 is 1.35 bits per heavy atom. The summed E-state index contributed by atoms with van der Waals surface area (Å²) < 4.78 is 6.01. The van der Waals surface area contributed by atoms with Crippen LogP contribution in [0.15, 0.2) is 24.3 Å². The Morgan fingerprint density at radius 1 is 0.692 bits per heavy atom. The van der Waals surface area contributed by atoms with E-state index in [9.17, 15) is 10.2 Å². The summed E-state index contributed by atoms with van der Waals surface area (Å²) in [5.41, 5.74) is 3.44. The summed E-state index contributed by atoms with van der Waals surface area (Å²) in [6.45, 7) is 17.0. The van der Waals surface area contributed by atoms with Crippen LogP contribution in [-0.2, 0) is 16.2 Å². The van der Waals surface area contributed by atoms with Crippen LogP contribution in [0.3, 0.4) is 0 Å². The first-order valence-corrected chi connectivity index (χ1v) is 9.16. The minimum absolute atomic E-state index is 0.0851. The summed E-state index contributed by atoms with van der Waals surface area (Å²) in [6.07, 6.45) is 0. The van der Waals surface area contributed by atoms with Gasteiger partial charge in [0.15, 0.2) is 23.0 Å². The number of ether oxygens (including phenoxy) is 1. The number of hydrogen-bond acceptors (Lipinski definition) is 3. The van der Waals surface area contributed by atoms with E-state index in [4.69, 9.17) is 4.74 Å². The number of hydrogen-bond donors (Lipinski definition) is 2. The lowest BCUT2D eigenvalue weighted by Gasteiger charge is -2.37. The van der Waals surface area contributed by atoms with Crippen LogP contribution in [-0.4, -0.2) is 10.2 Å². The van der Waals surface area contributed by atoms with Gasteiger partial charge in [0, 0.05) is 16.5 Å². The summed E-state index contributed by atoms with van der Waals surface area (Å²) in [6, 6.07) is 7.78. The molecule has 2 aromatic rings. The van der Waals surface area contributed by atoms with Crippen LogP contribution in [0.1, 0.15) is 77.6 Å². The molecule has 1 aliphatic heterocycles. The van der Waals surface area contributed by atoms with Crippen molar-refractivity contribution in [3.63, 3.8) is 0 Å². The quantitative estimate of drug-likeness (QED) is 0.599. The first-order valence-electron chi connectivity index (χ1n) is 9.16. The summed E-state index contributed by atoms with van der Waals surface area (Å²) in [5, 5.41) is 21.3. The van der Waals surface area contributed by atoms with Crippen molar-refractivity contribution in [3.05, 3.63) is 46.5 Å². The molecule has 3 rings (SSSR count). The van der Waals surface area contributed by atoms with Gasteiger partial charge in [0.1, 0.15) is 0 Å². The number of fused-ring (bicyclic) bond motifs is 2. The van der Waals surface area contributed by atoms with E-state index in [0.29, 0.717) is 11.5 Å². The fourth-order valence-electron chi connectivity index (χ4n) is 3.48. The molecule has 0 spiro atoms. The Morgan fingerprint density at radius 2 is 1.04 bits per heavy atom. The second-order valence-corrected chi connectivity index (χ2v) is 9.97. The molecule has 0 saturated carbocycles. The lowest BCUT2D eigenvalue weighted by atomic mass is 9.72. The molecule has 0 aromatic heterocycles. The molecule has 140 valence electrons. The van der Waals surface area contributed by atoms with Crippen molar-refractivity contribution in [2.75, 3.05) is 0 Å². The molecule has 0 saturated heterocycles. The Bertz CT molecular complexity index is 806. The van der Waals surface area contributed by atoms with Crippen LogP contribution in [0.2, 0.25) is 0 Å². The third-order valence-corrected chi connectivity index (χ3v) is 5.42. The molecule has 1 heterocycles. The number of phenolic OH excluding ortho intramolecular Hbond substituents is 2. The lowest BCUT2D eigenvalue weighted by Crippen LogP contribution is -2.26. The first-order chi connectivity index (χ1) is 11.7. The maximum atomic E-state index is 10.6. The van der Waals surface area contributed by atoms with Crippen LogP contribution in [0, 0.1) is 0 Å². The van der Waals surface area contributed by atoms with Crippen molar-refractivity contribution < 1.29 is 14.9 Å². The summed E-state index contributed by atoms with van der Waals surface area (Å²) in [5.74, 6) is 1.11. The standard InChI is InChI=1S/C23H30O3/c1-21(2,3)13-9-15-19(17(24)11-13)26-20-16(23(15,7)8)10-14(12-18(20)25)22(4,5)6/h9-12,24-25H,1-8H3. The van der Waals surface area contributed by atoms with Gasteiger partial charge in [0.2, 0.25) is 0 Å². The fraction of sp³-hybridized carbons (Fsp3) is 0.478. The predicted molar refractivity (Wildman–Crippen MR) is 106 cm³/mol. The van der Waals surface area contributed by atoms with E-state index >= 15 is 0 Å². The number of rotatable bonds is 0. The molecule has 26 heavy (non-hydrogen) atoms. The molecule has 0 bridgehead atoms. The van der Waals surface area contributed by atoms with Gasteiger partial charge in [-0.1, -0.05) is 67.5 Å². The maximum absolute atomic E-state index is 10.6. The molecule has 0 fully saturated rings. The lowest BCUT2D eigenvalue weighted by molar-refractivity contribution is 0.350. The van der Waals surface area contributed by atoms with Gasteiger partial charge in [-0.3, -0.25) is 0 Å². The number of benzene rings is 2. The topological polar surface area (TPSA) is 49.7 Å². The van der Waals surface area contributed by atoms with Gasteiger partial charge in [-0.2, -0.15) is 0 Å². The van der Waals surface area contributed by atoms with E-state index in [2.05, 4.69) is 67.5 Å². The molecule has 0 radical (unpaired) electrons. The average Bonchev–Trinajstić information content (AvgIpc) is 2.47. The minimum atomic E-state index is -0.402. The third-order valence-electron chi connectivity index (χ3n) is 5.42. The second kappa shape index (κ2) is 5.42. The van der Waals surface area contributed by atoms with Crippen molar-refractivity contribution in [1.82, 2.24) is 0 Å². The minimum Gasteiger partial charge on any atom is -0.504 e. The molecule has 0 atom stereocenters. The van der Waals surface area contributed by atoms with Crippen LogP contribution >= 0.6 is 0 Å². The van der Waals surface area contributed by atoms with Gasteiger partial charge >= 0.3 is 0 Å². The Balaban J connectivity index is 2.29. The third kappa shape index (κ3) is 2.84. The van der Waals surface area contributed by atoms with Crippen molar-refractivity contribution in [3.8, 4) is 23.0 Å². The van der Waals surface area contributed by atoms with Crippen molar-refractivity contribution >= 4 is 0 Å². The smallest absolute Gasteiger partial charge is 0.173 e. The Hall–Kier alpha value is -2.16. The van der Waals surface area contributed by atoms with E-state index < -0.39 is 5.41 Å². The predicted octanol–water partition coefficient (Wildman–Crippen LogP) is 6.12. The van der Waals surface area contributed by atoms with Gasteiger partial charge in [0.05, 0.1) is 0 Å². The van der Waals surface area contributed by atoms with Gasteiger partial charge in [-0.15, -0.1) is 0 Å². The van der Waals surface area contributed by atoms with Crippen LogP contribution in [0.25, 0.3) is 0 Å². The van der Waals surface area contributed by atoms with E-state index in [1.807, 2.05) is 0 Å². The molecular weight excluding hydrogens is 324 g/mol. The number of aromatic hydroxyl groups is 2. The van der Waals surface area contributed by atoms with E-state index in [1.54, 1.807) is 12.1 Å². The van der Waals surface area contributed by atoms with Crippen LogP contribution in [0.5, 0.6) is 23.0 Å². The van der Waals surface area contributed by atoms with E-state index in [-0.39, 0.29) is 22.3 Å². The zero-order valence-electron chi connectivity index (χ0n) is 17.1. The monoisotopic (exact) mass is 354 g/mol. The zero-order chi connectivity index (χ0) is 19.7. The zero-order valence-corrected chi connectivity index (χ0v) is 17.1. The molecule has 0 aliphatic carbocycles. The summed E-state index contributed by atoms with van der Waals surface area (Å²) >= 11 is 0. The maximum Gasteiger partial charge on any atom is 0.173 e. The highest BCUT2D eigenvalue weighted by molar-refractivity contribution is 5.66. The SMILES string of the molecule is CC(C)(C)c1cc(O)c2c(c1)C(C)(C)c1cc(C(C)(C)C)cc(O)c1O2. The molecule has 3 heteroatoms. The summed E-state index contributed by atoms with van der Waals surface area (Å²) in [4.78, 5) is 0. The van der Waals surface area contributed by atoms with E-state index in [0.717, 1.165) is 22.3 Å². The summed E-state index contributed by atoms with van der Waals surface area (Å²) in [7, 11) is 0. The molecule has 3 nitrogen and oxygen atoms in total. The van der Waals surface area contributed by atoms with Gasteiger partial charge in [-0.05, 0) is 34.1 Å². The van der Waals surface area contributed by atoms with Gasteiger partial charge < -0.3 is 14.9 Å². The number of phenols is 2. The van der Waals surface area contributed by atoms with Crippen LogP contribution in [0.4, 0.5) is 0 Å². The van der Waals surface area contributed by atoms with E-state index in [1.165, 1.54) is 0 Å². The second-order valence-electron chi connectivity index (χ2n) is 9.97. The molecule has 1 aliphatic rings. The normalized spacial score (nSPS) is 15.8. The highest BCUT2D eigenvalue weighted by Gasteiger charge is 2.39. The van der Waals surface area contributed by atoms with Gasteiger partial charge in [0.25, 0.3) is 0 Å². The fourth-order valence-corrected chi connectivity index (χ4v) is 3.48. The molecule has 2 N–H and O–H groups in total. The van der Waals surface area contributed by atoms with Crippen LogP contribution < -0.4 is 4.74 Å². The van der Waals surface area contributed by atoms with Crippen molar-refractivity contribution in [2.24, 2.45) is 0 Å². The molecule has 0 unspecified atom stereocenters. The molecular formula is C23H30O3. The molecule has 0 amide bonds. The van der Waals surface area contributed by atoms with Gasteiger partial charge in [-0.25, -0.2) is 0 Å².